The monoisotopic (exact) mass is 444 g/mol. The van der Waals surface area contributed by atoms with E-state index in [0.717, 1.165) is 0 Å². The van der Waals surface area contributed by atoms with Crippen LogP contribution in [0, 0.1) is 0 Å². The number of aliphatic carboxylic acids is 1. The molecule has 2 saturated heterocycles. The van der Waals surface area contributed by atoms with Gasteiger partial charge in [-0.15, -0.1) is 0 Å². The zero-order valence-corrected chi connectivity index (χ0v) is 15.8. The van der Waals surface area contributed by atoms with E-state index < -0.39 is 99.0 Å². The average molecular weight is 444 g/mol. The molecule has 30 heavy (non-hydrogen) atoms. The normalized spacial score (nSPS) is 44.4. The summed E-state index contributed by atoms with van der Waals surface area (Å²) in [5.41, 5.74) is 0. The van der Waals surface area contributed by atoms with Crippen molar-refractivity contribution in [3.8, 4) is 0 Å². The Morgan fingerprint density at radius 1 is 0.967 bits per heavy atom. The lowest BCUT2D eigenvalue weighted by Crippen LogP contribution is -2.66. The Bertz CT molecular complexity index is 590. The third-order valence-electron chi connectivity index (χ3n) is 5.20. The molecule has 10 N–H and O–H groups in total. The van der Waals surface area contributed by atoms with Gasteiger partial charge in [-0.05, 0) is 0 Å². The van der Waals surface area contributed by atoms with Crippen LogP contribution in [0.2, 0.25) is 0 Å². The molecule has 14 nitrogen and oxygen atoms in total. The molecule has 0 bridgehead atoms. The van der Waals surface area contributed by atoms with E-state index in [1.807, 2.05) is 0 Å². The van der Waals surface area contributed by atoms with Crippen molar-refractivity contribution in [3.63, 3.8) is 0 Å². The topological polar surface area (TPSA) is 247 Å². The molecule has 176 valence electrons. The molecule has 0 spiro atoms. The Kier molecular flexibility index (Phi) is 8.11. The standard InChI is InChI=1S/C16H28O14/c17-3-7(21)12-10(23)6(20)1-15(5-19,29-12)28-9-2-16(27,14(25)26)30-13(11(9)24)8(22)4-18/h6-13,17-24,27H,1-5H2,(H,25,26)/t6-,7-,8-,9-,10-,11-,12-,13-,15-,16-/m1/s1. The van der Waals surface area contributed by atoms with E-state index in [9.17, 15) is 45.6 Å². The lowest BCUT2D eigenvalue weighted by molar-refractivity contribution is -0.384. The van der Waals surface area contributed by atoms with Crippen LogP contribution in [0.1, 0.15) is 12.8 Å². The van der Waals surface area contributed by atoms with Gasteiger partial charge >= 0.3 is 5.97 Å². The smallest absolute Gasteiger partial charge is 0.364 e. The van der Waals surface area contributed by atoms with E-state index in [0.29, 0.717) is 0 Å². The fourth-order valence-electron chi connectivity index (χ4n) is 3.53. The number of aliphatic hydroxyl groups excluding tert-OH is 8. The quantitative estimate of drug-likeness (QED) is 0.168. The van der Waals surface area contributed by atoms with Crippen molar-refractivity contribution >= 4 is 5.97 Å². The highest BCUT2D eigenvalue weighted by atomic mass is 16.7. The van der Waals surface area contributed by atoms with Crippen molar-refractivity contribution < 1.29 is 70.1 Å². The third kappa shape index (κ3) is 4.90. The molecule has 14 heteroatoms. The lowest BCUT2D eigenvalue weighted by atomic mass is 9.90. The maximum Gasteiger partial charge on any atom is 0.364 e. The molecule has 0 aromatic rings. The second-order valence-corrected chi connectivity index (χ2v) is 7.44. The van der Waals surface area contributed by atoms with Gasteiger partial charge in [0.15, 0.2) is 5.79 Å². The molecular weight excluding hydrogens is 416 g/mol. The highest BCUT2D eigenvalue weighted by molar-refractivity contribution is 5.75. The predicted octanol–water partition coefficient (Wildman–Crippen LogP) is -5.80. The second-order valence-electron chi connectivity index (χ2n) is 7.44. The molecule has 2 rings (SSSR count). The highest BCUT2D eigenvalue weighted by Crippen LogP contribution is 2.38. The van der Waals surface area contributed by atoms with Crippen LogP contribution in [0.25, 0.3) is 0 Å². The summed E-state index contributed by atoms with van der Waals surface area (Å²) in [6.45, 7) is -2.84. The van der Waals surface area contributed by atoms with Crippen LogP contribution in [0.5, 0.6) is 0 Å². The first-order chi connectivity index (χ1) is 13.9. The maximum atomic E-state index is 11.4. The fraction of sp³-hybridized carbons (Fsp3) is 0.938. The number of hydrogen-bond donors (Lipinski definition) is 10. The van der Waals surface area contributed by atoms with E-state index >= 15 is 0 Å². The second kappa shape index (κ2) is 9.64. The van der Waals surface area contributed by atoms with E-state index in [-0.39, 0.29) is 0 Å². The maximum absolute atomic E-state index is 11.4. The minimum atomic E-state index is -2.95. The van der Waals surface area contributed by atoms with Crippen LogP contribution in [0.3, 0.4) is 0 Å². The van der Waals surface area contributed by atoms with Gasteiger partial charge < -0.3 is 65.3 Å². The zero-order valence-electron chi connectivity index (χ0n) is 15.8. The first-order valence-electron chi connectivity index (χ1n) is 9.15. The Hall–Kier alpha value is -1.01. The van der Waals surface area contributed by atoms with E-state index in [2.05, 4.69) is 0 Å². The van der Waals surface area contributed by atoms with Gasteiger partial charge in [0.05, 0.1) is 32.0 Å². The van der Waals surface area contributed by atoms with Crippen LogP contribution in [-0.4, -0.2) is 137 Å². The molecule has 2 aliphatic heterocycles. The number of carboxylic acids is 1. The van der Waals surface area contributed by atoms with E-state index in [4.69, 9.17) is 24.4 Å². The van der Waals surface area contributed by atoms with E-state index in [1.54, 1.807) is 0 Å². The van der Waals surface area contributed by atoms with Crippen molar-refractivity contribution in [2.75, 3.05) is 19.8 Å². The largest absolute Gasteiger partial charge is 0.477 e. The van der Waals surface area contributed by atoms with Gasteiger partial charge in [0.1, 0.15) is 36.6 Å². The number of carbonyl (C=O) groups is 1. The summed E-state index contributed by atoms with van der Waals surface area (Å²) in [4.78, 5) is 11.4. The van der Waals surface area contributed by atoms with Crippen LogP contribution in [-0.2, 0) is 19.0 Å². The molecule has 2 heterocycles. The van der Waals surface area contributed by atoms with Crippen LogP contribution >= 0.6 is 0 Å². The summed E-state index contributed by atoms with van der Waals surface area (Å²) in [6, 6.07) is 0. The minimum absolute atomic E-state index is 0.595. The van der Waals surface area contributed by atoms with Crippen molar-refractivity contribution in [2.45, 2.75) is 73.2 Å². The first kappa shape index (κ1) is 25.3. The van der Waals surface area contributed by atoms with Crippen molar-refractivity contribution in [1.29, 1.82) is 0 Å². The molecule has 0 aromatic carbocycles. The number of rotatable bonds is 8. The number of hydrogen-bond acceptors (Lipinski definition) is 13. The Morgan fingerprint density at radius 3 is 1.97 bits per heavy atom. The van der Waals surface area contributed by atoms with Gasteiger partial charge in [0.2, 0.25) is 0 Å². The van der Waals surface area contributed by atoms with Crippen LogP contribution in [0.4, 0.5) is 0 Å². The average Bonchev–Trinajstić information content (AvgIpc) is 2.71. The molecule has 0 aromatic heterocycles. The van der Waals surface area contributed by atoms with Crippen molar-refractivity contribution in [1.82, 2.24) is 0 Å². The SMILES string of the molecule is O=C(O)[C@@]1(O)C[C@@H](O[C@]2(CO)C[C@@H](O)[C@@H](O)[C@@H]([C@H](O)CO)O2)[C@@H](O)[C@@H]([C@H](O)CO)O1. The van der Waals surface area contributed by atoms with E-state index in [1.165, 1.54) is 0 Å². The van der Waals surface area contributed by atoms with Gasteiger partial charge in [-0.2, -0.15) is 0 Å². The minimum Gasteiger partial charge on any atom is -0.477 e. The van der Waals surface area contributed by atoms with Gasteiger partial charge in [-0.1, -0.05) is 0 Å². The molecular formula is C16H28O14. The molecule has 0 saturated carbocycles. The molecule has 10 atom stereocenters. The fourth-order valence-corrected chi connectivity index (χ4v) is 3.53. The molecule has 0 aliphatic carbocycles. The predicted molar refractivity (Wildman–Crippen MR) is 90.5 cm³/mol. The molecule has 2 aliphatic rings. The summed E-state index contributed by atoms with van der Waals surface area (Å²) >= 11 is 0. The number of aliphatic hydroxyl groups is 9. The van der Waals surface area contributed by atoms with Crippen LogP contribution in [0.15, 0.2) is 0 Å². The van der Waals surface area contributed by atoms with Crippen LogP contribution < -0.4 is 0 Å². The number of carboxylic acid groups (broad SMARTS) is 1. The summed E-state index contributed by atoms with van der Waals surface area (Å²) in [7, 11) is 0. The molecule has 2 fully saturated rings. The van der Waals surface area contributed by atoms with Gasteiger partial charge in [-0.3, -0.25) is 0 Å². The summed E-state index contributed by atoms with van der Waals surface area (Å²) in [6.07, 6.45) is -15.2. The Balaban J connectivity index is 2.33. The summed E-state index contributed by atoms with van der Waals surface area (Å²) in [5.74, 6) is -7.03. The van der Waals surface area contributed by atoms with Gasteiger partial charge in [-0.25, -0.2) is 4.79 Å². The van der Waals surface area contributed by atoms with Crippen molar-refractivity contribution in [3.05, 3.63) is 0 Å². The Labute approximate surface area is 170 Å². The first-order valence-corrected chi connectivity index (χ1v) is 9.15. The highest BCUT2D eigenvalue weighted by Gasteiger charge is 2.57. The van der Waals surface area contributed by atoms with Crippen molar-refractivity contribution in [2.24, 2.45) is 0 Å². The third-order valence-corrected chi connectivity index (χ3v) is 5.20. The zero-order chi connectivity index (χ0) is 22.9. The Morgan fingerprint density at radius 2 is 1.50 bits per heavy atom. The summed E-state index contributed by atoms with van der Waals surface area (Å²) in [5, 5.41) is 97.8. The summed E-state index contributed by atoms with van der Waals surface area (Å²) < 4.78 is 15.7. The molecule has 0 radical (unpaired) electrons. The number of ether oxygens (including phenoxy) is 3. The lowest BCUT2D eigenvalue weighted by Gasteiger charge is -2.50. The molecule has 0 amide bonds. The van der Waals surface area contributed by atoms with Gasteiger partial charge in [0, 0.05) is 12.8 Å². The van der Waals surface area contributed by atoms with Gasteiger partial charge in [0.25, 0.3) is 5.79 Å². The molecule has 0 unspecified atom stereocenters.